The average Bonchev–Trinajstić information content (AvgIpc) is 3.39. The van der Waals surface area contributed by atoms with Crippen molar-refractivity contribution >= 4 is 34.2 Å². The van der Waals surface area contributed by atoms with E-state index < -0.39 is 0 Å². The Balaban J connectivity index is 1.48. The topological polar surface area (TPSA) is 112 Å². The van der Waals surface area contributed by atoms with Gasteiger partial charge < -0.3 is 29.4 Å². The van der Waals surface area contributed by atoms with Crippen LogP contribution in [0.4, 0.5) is 10.5 Å². The third-order valence-electron chi connectivity index (χ3n) is 5.27. The van der Waals surface area contributed by atoms with E-state index in [1.165, 1.54) is 6.33 Å². The number of nitrogens with one attached hydrogen (secondary N) is 2. The molecule has 0 atom stereocenters. The lowest BCUT2D eigenvalue weighted by atomic mass is 10.2. The summed E-state index contributed by atoms with van der Waals surface area (Å²) in [5, 5.41) is 6.50. The van der Waals surface area contributed by atoms with Crippen molar-refractivity contribution in [3.8, 4) is 23.1 Å². The molecule has 0 saturated heterocycles. The normalized spacial score (nSPS) is 10.8. The number of rotatable bonds is 11. The summed E-state index contributed by atoms with van der Waals surface area (Å²) in [4.78, 5) is 24.7. The third kappa shape index (κ3) is 6.33. The van der Waals surface area contributed by atoms with Crippen LogP contribution in [0.5, 0.6) is 23.1 Å². The summed E-state index contributed by atoms with van der Waals surface area (Å²) in [6.45, 7) is 3.74. The molecule has 0 aliphatic carbocycles. The fourth-order valence-corrected chi connectivity index (χ4v) is 3.61. The molecule has 0 aliphatic heterocycles. The van der Waals surface area contributed by atoms with Crippen LogP contribution in [0.25, 0.3) is 10.9 Å². The predicted molar refractivity (Wildman–Crippen MR) is 137 cm³/mol. The van der Waals surface area contributed by atoms with Gasteiger partial charge >= 0.3 is 6.03 Å². The van der Waals surface area contributed by atoms with E-state index in [4.69, 9.17) is 25.8 Å². The number of halogens is 1. The van der Waals surface area contributed by atoms with E-state index in [1.54, 1.807) is 50.0 Å². The average molecular weight is 511 g/mol. The minimum absolute atomic E-state index is 0.309. The van der Waals surface area contributed by atoms with Crippen LogP contribution in [0.2, 0.25) is 5.02 Å². The molecule has 36 heavy (non-hydrogen) atoms. The van der Waals surface area contributed by atoms with Crippen LogP contribution >= 0.6 is 11.6 Å². The number of nitrogens with zero attached hydrogens (tertiary/aromatic N) is 4. The highest BCUT2D eigenvalue weighted by Gasteiger charge is 2.14. The Kier molecular flexibility index (Phi) is 8.40. The zero-order valence-electron chi connectivity index (χ0n) is 20.0. The molecule has 188 valence electrons. The van der Waals surface area contributed by atoms with Crippen molar-refractivity contribution in [1.29, 1.82) is 0 Å². The van der Waals surface area contributed by atoms with Crippen LogP contribution in [0.15, 0.2) is 55.4 Å². The quantitative estimate of drug-likeness (QED) is 0.264. The van der Waals surface area contributed by atoms with Crippen LogP contribution in [0.1, 0.15) is 19.8 Å². The molecule has 0 bridgehead atoms. The Hall–Kier alpha value is -4.05. The highest BCUT2D eigenvalue weighted by molar-refractivity contribution is 6.33. The molecule has 0 unspecified atom stereocenters. The number of ether oxygens (including phenoxy) is 3. The van der Waals surface area contributed by atoms with Crippen molar-refractivity contribution in [2.75, 3.05) is 25.6 Å². The third-order valence-corrected chi connectivity index (χ3v) is 5.58. The van der Waals surface area contributed by atoms with Crippen molar-refractivity contribution < 1.29 is 19.0 Å². The molecule has 0 spiro atoms. The first-order valence-corrected chi connectivity index (χ1v) is 11.9. The van der Waals surface area contributed by atoms with E-state index in [0.717, 1.165) is 12.8 Å². The molecule has 2 aromatic carbocycles. The van der Waals surface area contributed by atoms with E-state index in [0.29, 0.717) is 64.4 Å². The number of aromatic nitrogens is 4. The number of amides is 2. The number of hydrogen-bond donors (Lipinski definition) is 2. The van der Waals surface area contributed by atoms with Gasteiger partial charge in [-0.15, -0.1) is 0 Å². The molecule has 0 aliphatic rings. The van der Waals surface area contributed by atoms with E-state index in [1.807, 2.05) is 10.8 Å². The van der Waals surface area contributed by atoms with Crippen molar-refractivity contribution in [3.63, 3.8) is 0 Å². The molecule has 2 heterocycles. The van der Waals surface area contributed by atoms with Crippen molar-refractivity contribution in [2.24, 2.45) is 0 Å². The summed E-state index contributed by atoms with van der Waals surface area (Å²) in [7, 11) is 1.57. The molecular weight excluding hydrogens is 484 g/mol. The summed E-state index contributed by atoms with van der Waals surface area (Å²) in [5.41, 5.74) is 1.11. The second-order valence-corrected chi connectivity index (χ2v) is 8.23. The smallest absolute Gasteiger partial charge is 0.319 e. The van der Waals surface area contributed by atoms with Gasteiger partial charge in [-0.25, -0.2) is 19.7 Å². The van der Waals surface area contributed by atoms with Crippen LogP contribution in [0.3, 0.4) is 0 Å². The van der Waals surface area contributed by atoms with Gasteiger partial charge in [-0.3, -0.25) is 0 Å². The van der Waals surface area contributed by atoms with Gasteiger partial charge in [0, 0.05) is 31.1 Å². The molecule has 4 rings (SSSR count). The maximum Gasteiger partial charge on any atom is 0.319 e. The van der Waals surface area contributed by atoms with Crippen molar-refractivity contribution in [1.82, 2.24) is 24.8 Å². The number of anilines is 1. The summed E-state index contributed by atoms with van der Waals surface area (Å²) in [6.07, 6.45) is 8.64. The number of carbonyl (C=O) groups excluding carboxylic acids is 1. The van der Waals surface area contributed by atoms with Crippen molar-refractivity contribution in [2.45, 2.75) is 26.3 Å². The van der Waals surface area contributed by atoms with E-state index in [-0.39, 0.29) is 6.03 Å². The number of hydrogen-bond acceptors (Lipinski definition) is 7. The summed E-state index contributed by atoms with van der Waals surface area (Å²) in [5.74, 6) is 1.87. The van der Waals surface area contributed by atoms with E-state index in [9.17, 15) is 4.79 Å². The lowest BCUT2D eigenvalue weighted by Crippen LogP contribution is -2.29. The van der Waals surface area contributed by atoms with E-state index in [2.05, 4.69) is 32.5 Å². The van der Waals surface area contributed by atoms with Gasteiger partial charge in [0.05, 0.1) is 41.6 Å². The number of carbonyl (C=O) groups is 1. The maximum absolute atomic E-state index is 12.0. The largest absolute Gasteiger partial charge is 0.493 e. The maximum atomic E-state index is 12.0. The van der Waals surface area contributed by atoms with Crippen LogP contribution in [-0.4, -0.2) is 45.8 Å². The zero-order chi connectivity index (χ0) is 25.3. The van der Waals surface area contributed by atoms with Gasteiger partial charge in [0.1, 0.15) is 18.7 Å². The minimum Gasteiger partial charge on any atom is -0.493 e. The Morgan fingerprint density at radius 3 is 2.81 bits per heavy atom. The number of unbranched alkanes of at least 4 members (excludes halogenated alkanes) is 1. The summed E-state index contributed by atoms with van der Waals surface area (Å²) < 4.78 is 19.4. The van der Waals surface area contributed by atoms with Gasteiger partial charge in [-0.1, -0.05) is 24.9 Å². The van der Waals surface area contributed by atoms with Crippen LogP contribution in [-0.2, 0) is 6.54 Å². The molecule has 4 aromatic rings. The molecule has 2 aromatic heterocycles. The van der Waals surface area contributed by atoms with E-state index >= 15 is 0 Å². The highest BCUT2D eigenvalue weighted by Crippen LogP contribution is 2.37. The molecular formula is C25H27ClN6O4. The van der Waals surface area contributed by atoms with Gasteiger partial charge in [0.15, 0.2) is 11.5 Å². The number of imidazole rings is 1. The molecule has 0 radical (unpaired) electrons. The molecule has 0 saturated carbocycles. The fourth-order valence-electron chi connectivity index (χ4n) is 3.39. The van der Waals surface area contributed by atoms with Crippen LogP contribution in [0, 0.1) is 0 Å². The highest BCUT2D eigenvalue weighted by atomic mass is 35.5. The lowest BCUT2D eigenvalue weighted by molar-refractivity contribution is 0.252. The van der Waals surface area contributed by atoms with Gasteiger partial charge in [-0.2, -0.15) is 0 Å². The molecule has 2 amide bonds. The second-order valence-electron chi connectivity index (χ2n) is 7.83. The number of urea groups is 1. The number of benzene rings is 2. The predicted octanol–water partition coefficient (Wildman–Crippen LogP) is 5.28. The molecule has 0 fully saturated rings. The Morgan fingerprint density at radius 1 is 1.17 bits per heavy atom. The Morgan fingerprint density at radius 2 is 2.06 bits per heavy atom. The second kappa shape index (κ2) is 12.1. The first-order valence-electron chi connectivity index (χ1n) is 11.5. The van der Waals surface area contributed by atoms with Gasteiger partial charge in [0.25, 0.3) is 0 Å². The first kappa shape index (κ1) is 25.1. The minimum atomic E-state index is -0.309. The van der Waals surface area contributed by atoms with Gasteiger partial charge in [-0.05, 0) is 24.6 Å². The molecule has 10 nitrogen and oxygen atoms in total. The number of methoxy groups -OCH3 is 1. The Labute approximate surface area is 213 Å². The Bertz CT molecular complexity index is 1320. The summed E-state index contributed by atoms with van der Waals surface area (Å²) in [6, 6.07) is 8.24. The monoisotopic (exact) mass is 510 g/mol. The lowest BCUT2D eigenvalue weighted by Gasteiger charge is -2.14. The zero-order valence-corrected chi connectivity index (χ0v) is 20.8. The van der Waals surface area contributed by atoms with Crippen LogP contribution < -0.4 is 24.8 Å². The van der Waals surface area contributed by atoms with Crippen molar-refractivity contribution in [3.05, 3.63) is 60.4 Å². The summed E-state index contributed by atoms with van der Waals surface area (Å²) >= 11 is 6.38. The molecule has 2 N–H and O–H groups in total. The van der Waals surface area contributed by atoms with Gasteiger partial charge in [0.2, 0.25) is 5.88 Å². The first-order chi connectivity index (χ1) is 17.6. The SMILES string of the molecule is CCCCNC(=O)Nc1ccc(Oc2ncnc3cc(OCCn4ccnc4)c(OC)cc23)cc1Cl. The number of fused-ring (bicyclic) bond motifs is 1. The fraction of sp³-hybridized carbons (Fsp3) is 0.280. The molecule has 11 heteroatoms. The standard InChI is InChI=1S/C25H27ClN6O4/c1-3-4-7-28-25(33)31-20-6-5-17(12-19(20)26)36-24-18-13-22(34-2)23(14-21(18)29-15-30-24)35-11-10-32-9-8-27-16-32/h5-6,8-9,12-16H,3-4,7,10-11H2,1-2H3,(H2,28,31,33).